The average molecular weight is 509 g/mol. The van der Waals surface area contributed by atoms with E-state index in [2.05, 4.69) is 34.5 Å². The molecule has 2 atom stereocenters. The van der Waals surface area contributed by atoms with Crippen LogP contribution in [0.15, 0.2) is 23.3 Å². The van der Waals surface area contributed by atoms with Crippen LogP contribution in [0.1, 0.15) is 27.2 Å². The number of guanidine groups is 1. The standard InChI is InChI=1S/C19H32FN5O2.HI/c1-4-21-19(23-10-16(26)13-27-12-14(2)3)24-15-7-9-25(11-15)18-17(20)6-5-8-22-18;/h5-6,8,14-16,26H,4,7,9-13H2,1-3H3,(H2,21,23,24);1H. The van der Waals surface area contributed by atoms with E-state index in [4.69, 9.17) is 4.74 Å². The molecule has 2 unspecified atom stereocenters. The van der Waals surface area contributed by atoms with Gasteiger partial charge in [-0.1, -0.05) is 13.8 Å². The number of ether oxygens (including phenoxy) is 1. The van der Waals surface area contributed by atoms with Gasteiger partial charge in [-0.15, -0.1) is 24.0 Å². The van der Waals surface area contributed by atoms with Gasteiger partial charge < -0.3 is 25.4 Å². The van der Waals surface area contributed by atoms with Crippen LogP contribution in [0.4, 0.5) is 10.2 Å². The van der Waals surface area contributed by atoms with Crippen LogP contribution in [0.25, 0.3) is 0 Å². The summed E-state index contributed by atoms with van der Waals surface area (Å²) in [4.78, 5) is 10.5. The molecule has 0 aliphatic carbocycles. The van der Waals surface area contributed by atoms with E-state index < -0.39 is 6.10 Å². The molecule has 2 heterocycles. The van der Waals surface area contributed by atoms with Crippen LogP contribution >= 0.6 is 24.0 Å². The zero-order valence-electron chi connectivity index (χ0n) is 16.9. The molecular formula is C19H33FIN5O2. The zero-order valence-corrected chi connectivity index (χ0v) is 19.2. The Morgan fingerprint density at radius 1 is 1.46 bits per heavy atom. The predicted molar refractivity (Wildman–Crippen MR) is 121 cm³/mol. The van der Waals surface area contributed by atoms with E-state index in [1.165, 1.54) is 6.07 Å². The first-order chi connectivity index (χ1) is 13.0. The summed E-state index contributed by atoms with van der Waals surface area (Å²) in [6.07, 6.45) is 1.83. The van der Waals surface area contributed by atoms with Gasteiger partial charge in [0.15, 0.2) is 17.6 Å². The molecule has 1 saturated heterocycles. The highest BCUT2D eigenvalue weighted by Crippen LogP contribution is 2.20. The summed E-state index contributed by atoms with van der Waals surface area (Å²) in [6.45, 7) is 9.39. The summed E-state index contributed by atoms with van der Waals surface area (Å²) in [5.74, 6) is 1.17. The summed E-state index contributed by atoms with van der Waals surface area (Å²) in [5.41, 5.74) is 0. The highest BCUT2D eigenvalue weighted by Gasteiger charge is 2.26. The molecule has 1 aliphatic heterocycles. The number of hydrogen-bond acceptors (Lipinski definition) is 5. The van der Waals surface area contributed by atoms with Gasteiger partial charge in [0.25, 0.3) is 0 Å². The topological polar surface area (TPSA) is 82.0 Å². The molecule has 9 heteroatoms. The molecule has 28 heavy (non-hydrogen) atoms. The molecule has 1 aromatic heterocycles. The monoisotopic (exact) mass is 509 g/mol. The number of nitrogens with zero attached hydrogens (tertiary/aromatic N) is 3. The second-order valence-corrected chi connectivity index (χ2v) is 7.19. The Kier molecular flexibility index (Phi) is 11.6. The van der Waals surface area contributed by atoms with E-state index in [1.54, 1.807) is 12.3 Å². The Hall–Kier alpha value is -1.20. The fraction of sp³-hybridized carbons (Fsp3) is 0.684. The molecule has 1 aromatic rings. The lowest BCUT2D eigenvalue weighted by Crippen LogP contribution is -2.45. The van der Waals surface area contributed by atoms with Crippen LogP contribution in [0.2, 0.25) is 0 Å². The SMILES string of the molecule is CCNC(=NCC(O)COCC(C)C)NC1CCN(c2ncccc2F)C1.I. The van der Waals surface area contributed by atoms with Crippen molar-refractivity contribution in [1.82, 2.24) is 15.6 Å². The number of aliphatic hydroxyl groups excluding tert-OH is 1. The molecular weight excluding hydrogens is 476 g/mol. The first-order valence-electron chi connectivity index (χ1n) is 9.65. The molecule has 0 bridgehead atoms. The molecule has 0 aromatic carbocycles. The Bertz CT molecular complexity index is 605. The van der Waals surface area contributed by atoms with Crippen molar-refractivity contribution in [3.8, 4) is 0 Å². The molecule has 0 amide bonds. The van der Waals surface area contributed by atoms with Gasteiger partial charge in [0, 0.05) is 38.5 Å². The number of aliphatic imine (C=N–C) groups is 1. The van der Waals surface area contributed by atoms with Crippen molar-refractivity contribution in [3.63, 3.8) is 0 Å². The van der Waals surface area contributed by atoms with Crippen molar-refractivity contribution in [2.24, 2.45) is 10.9 Å². The lowest BCUT2D eigenvalue weighted by Gasteiger charge is -2.20. The van der Waals surface area contributed by atoms with Crippen LogP contribution < -0.4 is 15.5 Å². The number of nitrogens with one attached hydrogen (secondary N) is 2. The Labute approximate surface area is 184 Å². The summed E-state index contributed by atoms with van der Waals surface area (Å²) in [6, 6.07) is 3.16. The molecule has 160 valence electrons. The number of hydrogen-bond donors (Lipinski definition) is 3. The largest absolute Gasteiger partial charge is 0.389 e. The number of anilines is 1. The Morgan fingerprint density at radius 2 is 2.25 bits per heavy atom. The van der Waals surface area contributed by atoms with Crippen molar-refractivity contribution in [3.05, 3.63) is 24.1 Å². The minimum atomic E-state index is -0.637. The third-order valence-corrected chi connectivity index (χ3v) is 4.13. The molecule has 1 fully saturated rings. The number of aliphatic hydroxyl groups is 1. The Balaban J connectivity index is 0.00000392. The third kappa shape index (κ3) is 8.44. The lowest BCUT2D eigenvalue weighted by molar-refractivity contribution is 0.0301. The van der Waals surface area contributed by atoms with Gasteiger partial charge in [0.2, 0.25) is 0 Å². The molecule has 0 spiro atoms. The van der Waals surface area contributed by atoms with Gasteiger partial charge >= 0.3 is 0 Å². The van der Waals surface area contributed by atoms with E-state index in [0.717, 1.165) is 19.5 Å². The predicted octanol–water partition coefficient (Wildman–Crippen LogP) is 2.01. The second-order valence-electron chi connectivity index (χ2n) is 7.19. The van der Waals surface area contributed by atoms with Crippen LogP contribution in [-0.4, -0.2) is 67.6 Å². The van der Waals surface area contributed by atoms with Gasteiger partial charge in [-0.25, -0.2) is 9.37 Å². The molecule has 1 aliphatic rings. The summed E-state index contributed by atoms with van der Waals surface area (Å²) < 4.78 is 19.4. The van der Waals surface area contributed by atoms with Crippen LogP contribution in [0.5, 0.6) is 0 Å². The van der Waals surface area contributed by atoms with Gasteiger partial charge in [-0.05, 0) is 31.4 Å². The molecule has 3 N–H and O–H groups in total. The highest BCUT2D eigenvalue weighted by atomic mass is 127. The van der Waals surface area contributed by atoms with E-state index in [1.807, 2.05) is 11.8 Å². The molecule has 2 rings (SSSR count). The quantitative estimate of drug-likeness (QED) is 0.269. The van der Waals surface area contributed by atoms with E-state index in [-0.39, 0.29) is 49.0 Å². The number of pyridine rings is 1. The average Bonchev–Trinajstić information content (AvgIpc) is 3.08. The maximum absolute atomic E-state index is 13.9. The van der Waals surface area contributed by atoms with Gasteiger partial charge in [0.05, 0.1) is 19.3 Å². The lowest BCUT2D eigenvalue weighted by atomic mass is 10.2. The van der Waals surface area contributed by atoms with Gasteiger partial charge in [-0.3, -0.25) is 4.99 Å². The number of rotatable bonds is 9. The molecule has 0 saturated carbocycles. The summed E-state index contributed by atoms with van der Waals surface area (Å²) in [5, 5.41) is 16.6. The van der Waals surface area contributed by atoms with Crippen LogP contribution in [0, 0.1) is 11.7 Å². The molecule has 7 nitrogen and oxygen atoms in total. The van der Waals surface area contributed by atoms with Gasteiger partial charge in [0.1, 0.15) is 0 Å². The maximum Gasteiger partial charge on any atom is 0.191 e. The maximum atomic E-state index is 13.9. The summed E-state index contributed by atoms with van der Waals surface area (Å²) >= 11 is 0. The van der Waals surface area contributed by atoms with E-state index >= 15 is 0 Å². The number of aromatic nitrogens is 1. The van der Waals surface area contributed by atoms with Crippen LogP contribution in [0.3, 0.4) is 0 Å². The fourth-order valence-electron chi connectivity index (χ4n) is 2.88. The number of halogens is 2. The van der Waals surface area contributed by atoms with Crippen molar-refractivity contribution >= 4 is 35.8 Å². The second kappa shape index (κ2) is 13.1. The minimum Gasteiger partial charge on any atom is -0.389 e. The smallest absolute Gasteiger partial charge is 0.191 e. The normalized spacial score (nSPS) is 18.1. The van der Waals surface area contributed by atoms with Crippen molar-refractivity contribution in [2.75, 3.05) is 44.3 Å². The van der Waals surface area contributed by atoms with Crippen LogP contribution in [-0.2, 0) is 4.74 Å². The van der Waals surface area contributed by atoms with Crippen molar-refractivity contribution in [1.29, 1.82) is 0 Å². The summed E-state index contributed by atoms with van der Waals surface area (Å²) in [7, 11) is 0. The fourth-order valence-corrected chi connectivity index (χ4v) is 2.88. The Morgan fingerprint density at radius 3 is 2.93 bits per heavy atom. The van der Waals surface area contributed by atoms with E-state index in [0.29, 0.717) is 30.8 Å². The molecule has 0 radical (unpaired) electrons. The third-order valence-electron chi connectivity index (χ3n) is 4.13. The minimum absolute atomic E-state index is 0. The first kappa shape index (κ1) is 24.8. The van der Waals surface area contributed by atoms with E-state index in [9.17, 15) is 9.50 Å². The van der Waals surface area contributed by atoms with Crippen molar-refractivity contribution < 1.29 is 14.2 Å². The van der Waals surface area contributed by atoms with Gasteiger partial charge in [-0.2, -0.15) is 0 Å². The first-order valence-corrected chi connectivity index (χ1v) is 9.65. The zero-order chi connectivity index (χ0) is 19.6. The highest BCUT2D eigenvalue weighted by molar-refractivity contribution is 14.0. The van der Waals surface area contributed by atoms with Crippen molar-refractivity contribution in [2.45, 2.75) is 39.3 Å².